The number of anilines is 1. The number of aromatic nitrogens is 4. The Morgan fingerprint density at radius 3 is 2.82 bits per heavy atom. The molecule has 0 radical (unpaired) electrons. The number of nitrogens with zero attached hydrogens (tertiary/aromatic N) is 3. The first-order valence-corrected chi connectivity index (χ1v) is 7.25. The van der Waals surface area contributed by atoms with E-state index in [-0.39, 0.29) is 17.3 Å². The lowest BCUT2D eigenvalue weighted by Crippen LogP contribution is -2.49. The smallest absolute Gasteiger partial charge is 0.342 e. The molecule has 114 valence electrons. The number of fused-ring (bicyclic) bond motifs is 4. The molecule has 0 saturated carbocycles. The fourth-order valence-electron chi connectivity index (χ4n) is 3.63. The molecule has 0 aliphatic carbocycles. The number of nitrogens with one attached hydrogen (secondary N) is 2. The van der Waals surface area contributed by atoms with Crippen LogP contribution in [0.25, 0.3) is 0 Å². The highest BCUT2D eigenvalue weighted by Gasteiger charge is 2.35. The molecule has 2 aromatic heterocycles. The number of piperidine rings is 1. The first-order valence-electron chi connectivity index (χ1n) is 7.25. The first-order chi connectivity index (χ1) is 10.6. The van der Waals surface area contributed by atoms with Gasteiger partial charge in [-0.05, 0) is 18.4 Å². The van der Waals surface area contributed by atoms with Crippen molar-refractivity contribution in [3.8, 4) is 0 Å². The molecule has 1 fully saturated rings. The Morgan fingerprint density at radius 2 is 2.00 bits per heavy atom. The van der Waals surface area contributed by atoms with Crippen LogP contribution in [0.2, 0.25) is 0 Å². The molecule has 0 aromatic carbocycles. The molecule has 8 heteroatoms. The van der Waals surface area contributed by atoms with Crippen molar-refractivity contribution < 1.29 is 0 Å². The van der Waals surface area contributed by atoms with Crippen molar-refractivity contribution >= 4 is 5.82 Å². The molecule has 2 N–H and O–H groups in total. The average Bonchev–Trinajstić information content (AvgIpc) is 2.48. The lowest BCUT2D eigenvalue weighted by molar-refractivity contribution is 0.280. The normalized spacial score (nSPS) is 23.2. The van der Waals surface area contributed by atoms with Crippen molar-refractivity contribution in [1.82, 2.24) is 19.7 Å². The summed E-state index contributed by atoms with van der Waals surface area (Å²) in [6.45, 7) is 1.92. The van der Waals surface area contributed by atoms with E-state index in [9.17, 15) is 14.4 Å². The summed E-state index contributed by atoms with van der Waals surface area (Å²) in [5.41, 5.74) is -0.0491. The number of H-pyrrole nitrogens is 2. The first kappa shape index (κ1) is 13.1. The van der Waals surface area contributed by atoms with E-state index in [2.05, 4.69) is 15.2 Å². The van der Waals surface area contributed by atoms with Gasteiger partial charge < -0.3 is 9.47 Å². The molecule has 8 nitrogen and oxygen atoms in total. The predicted octanol–water partition coefficient (Wildman–Crippen LogP) is -0.756. The van der Waals surface area contributed by atoms with Gasteiger partial charge in [-0.3, -0.25) is 14.6 Å². The summed E-state index contributed by atoms with van der Waals surface area (Å²) in [5.74, 6) is 0.718. The summed E-state index contributed by atoms with van der Waals surface area (Å²) in [5, 5.41) is 6.15. The van der Waals surface area contributed by atoms with Crippen LogP contribution in [0.1, 0.15) is 18.0 Å². The fourth-order valence-corrected chi connectivity index (χ4v) is 3.63. The van der Waals surface area contributed by atoms with E-state index >= 15 is 0 Å². The molecule has 0 amide bonds. The molecule has 1 saturated heterocycles. The Morgan fingerprint density at radius 1 is 1.14 bits per heavy atom. The van der Waals surface area contributed by atoms with Gasteiger partial charge in [-0.15, -0.1) is 5.10 Å². The van der Waals surface area contributed by atoms with Gasteiger partial charge in [0.1, 0.15) is 0 Å². The molecule has 2 aromatic rings. The maximum atomic E-state index is 12.0. The van der Waals surface area contributed by atoms with Crippen molar-refractivity contribution in [3.63, 3.8) is 0 Å². The SMILES string of the molecule is O=c1[nH]nc(N2CC3CC(C2)c2cccc(=O)n2C3)c(=O)[nH]1. The van der Waals surface area contributed by atoms with E-state index in [0.717, 1.165) is 12.1 Å². The highest BCUT2D eigenvalue weighted by Crippen LogP contribution is 2.35. The molecular weight excluding hydrogens is 286 g/mol. The second-order valence-electron chi connectivity index (χ2n) is 5.93. The van der Waals surface area contributed by atoms with E-state index in [1.807, 2.05) is 15.5 Å². The summed E-state index contributed by atoms with van der Waals surface area (Å²) in [6, 6.07) is 5.32. The van der Waals surface area contributed by atoms with Crippen LogP contribution in [0, 0.1) is 5.92 Å². The monoisotopic (exact) mass is 301 g/mol. The Labute approximate surface area is 124 Å². The van der Waals surface area contributed by atoms with Crippen LogP contribution < -0.4 is 21.7 Å². The van der Waals surface area contributed by atoms with Gasteiger partial charge in [-0.25, -0.2) is 9.89 Å². The topological polar surface area (TPSA) is 104 Å². The van der Waals surface area contributed by atoms with E-state index in [4.69, 9.17) is 0 Å². The van der Waals surface area contributed by atoms with Gasteiger partial charge in [-0.2, -0.15) is 0 Å². The van der Waals surface area contributed by atoms with Gasteiger partial charge in [0.25, 0.3) is 11.1 Å². The van der Waals surface area contributed by atoms with Crippen LogP contribution in [0.4, 0.5) is 5.82 Å². The molecule has 2 aliphatic rings. The third-order valence-electron chi connectivity index (χ3n) is 4.47. The summed E-state index contributed by atoms with van der Waals surface area (Å²) in [7, 11) is 0. The molecule has 22 heavy (non-hydrogen) atoms. The molecule has 2 aliphatic heterocycles. The zero-order chi connectivity index (χ0) is 15.3. The van der Waals surface area contributed by atoms with E-state index in [1.165, 1.54) is 0 Å². The van der Waals surface area contributed by atoms with Crippen LogP contribution in [0.15, 0.2) is 32.6 Å². The molecule has 2 bridgehead atoms. The van der Waals surface area contributed by atoms with Crippen LogP contribution in [-0.4, -0.2) is 32.8 Å². The van der Waals surface area contributed by atoms with Crippen LogP contribution in [-0.2, 0) is 6.54 Å². The number of hydrogen-bond acceptors (Lipinski definition) is 5. The largest absolute Gasteiger partial charge is 0.350 e. The number of rotatable bonds is 1. The fraction of sp³-hybridized carbons (Fsp3) is 0.429. The zero-order valence-electron chi connectivity index (χ0n) is 11.8. The minimum atomic E-state index is -0.608. The lowest BCUT2D eigenvalue weighted by Gasteiger charge is -2.42. The summed E-state index contributed by atoms with van der Waals surface area (Å²) in [4.78, 5) is 39.1. The van der Waals surface area contributed by atoms with Crippen molar-refractivity contribution in [3.05, 3.63) is 55.1 Å². The molecule has 4 heterocycles. The highest BCUT2D eigenvalue weighted by atomic mass is 16.2. The second kappa shape index (κ2) is 4.69. The Hall–Kier alpha value is -2.64. The maximum Gasteiger partial charge on any atom is 0.342 e. The molecule has 2 unspecified atom stereocenters. The summed E-state index contributed by atoms with van der Waals surface area (Å²) in [6.07, 6.45) is 1.00. The molecule has 4 rings (SSSR count). The molecule has 2 atom stereocenters. The van der Waals surface area contributed by atoms with Crippen molar-refractivity contribution in [2.24, 2.45) is 5.92 Å². The third kappa shape index (κ3) is 1.99. The number of pyridine rings is 1. The van der Waals surface area contributed by atoms with Crippen LogP contribution >= 0.6 is 0 Å². The van der Waals surface area contributed by atoms with Crippen LogP contribution in [0.5, 0.6) is 0 Å². The third-order valence-corrected chi connectivity index (χ3v) is 4.47. The van der Waals surface area contributed by atoms with Crippen molar-refractivity contribution in [2.45, 2.75) is 18.9 Å². The van der Waals surface area contributed by atoms with Gasteiger partial charge in [0, 0.05) is 37.3 Å². The maximum absolute atomic E-state index is 12.0. The van der Waals surface area contributed by atoms with Gasteiger partial charge in [0.2, 0.25) is 5.82 Å². The zero-order valence-corrected chi connectivity index (χ0v) is 11.8. The number of hydrogen-bond donors (Lipinski definition) is 2. The highest BCUT2D eigenvalue weighted by molar-refractivity contribution is 5.37. The summed E-state index contributed by atoms with van der Waals surface area (Å²) < 4.78 is 1.83. The van der Waals surface area contributed by atoms with Gasteiger partial charge in [0.05, 0.1) is 0 Å². The predicted molar refractivity (Wildman–Crippen MR) is 79.2 cm³/mol. The van der Waals surface area contributed by atoms with E-state index < -0.39 is 11.2 Å². The Balaban J connectivity index is 1.73. The van der Waals surface area contributed by atoms with Crippen molar-refractivity contribution in [1.29, 1.82) is 0 Å². The average molecular weight is 301 g/mol. The standard InChI is InChI=1S/C14H15N5O3/c20-11-3-1-2-10-9-4-8(6-19(10)11)5-18(7-9)12-13(21)15-14(22)17-16-12/h1-3,8-9H,4-7H2,(H2,15,17,21,22). The lowest BCUT2D eigenvalue weighted by atomic mass is 9.83. The minimum absolute atomic E-state index is 0.0284. The van der Waals surface area contributed by atoms with E-state index in [1.54, 1.807) is 12.1 Å². The summed E-state index contributed by atoms with van der Waals surface area (Å²) >= 11 is 0. The molecule has 0 spiro atoms. The van der Waals surface area contributed by atoms with Crippen molar-refractivity contribution in [2.75, 3.05) is 18.0 Å². The Bertz CT molecular complexity index is 896. The Kier molecular flexibility index (Phi) is 2.78. The van der Waals surface area contributed by atoms with Gasteiger partial charge in [0.15, 0.2) is 0 Å². The minimum Gasteiger partial charge on any atom is -0.350 e. The van der Waals surface area contributed by atoms with Crippen LogP contribution in [0.3, 0.4) is 0 Å². The van der Waals surface area contributed by atoms with Gasteiger partial charge in [-0.1, -0.05) is 6.07 Å². The van der Waals surface area contributed by atoms with Gasteiger partial charge >= 0.3 is 5.69 Å². The molecular formula is C14H15N5O3. The van der Waals surface area contributed by atoms with E-state index in [0.29, 0.717) is 25.6 Å². The quantitative estimate of drug-likeness (QED) is 0.721. The number of aromatic amines is 2. The second-order valence-corrected chi connectivity index (χ2v) is 5.93.